The van der Waals surface area contributed by atoms with Crippen molar-refractivity contribution in [1.29, 1.82) is 0 Å². The fraction of sp³-hybridized carbons (Fsp3) is 0.130. The second-order valence-electron chi connectivity index (χ2n) is 6.65. The van der Waals surface area contributed by atoms with Crippen molar-refractivity contribution in [2.45, 2.75) is 13.8 Å². The van der Waals surface area contributed by atoms with E-state index in [1.165, 1.54) is 0 Å². The maximum Gasteiger partial charge on any atom is 0.262 e. The highest BCUT2D eigenvalue weighted by atomic mass is 35.5. The molecule has 29 heavy (non-hydrogen) atoms. The van der Waals surface area contributed by atoms with Gasteiger partial charge in [-0.25, -0.2) is 0 Å². The van der Waals surface area contributed by atoms with Crippen molar-refractivity contribution in [1.82, 2.24) is 0 Å². The first-order chi connectivity index (χ1) is 13.9. The molecule has 0 aliphatic carbocycles. The average molecular weight is 409 g/mol. The molecule has 0 spiro atoms. The first-order valence-corrected chi connectivity index (χ1v) is 9.45. The third kappa shape index (κ3) is 5.83. The Balaban J connectivity index is 1.59. The molecule has 0 unspecified atom stereocenters. The molecule has 5 nitrogen and oxygen atoms in total. The lowest BCUT2D eigenvalue weighted by Crippen LogP contribution is -2.20. The lowest BCUT2D eigenvalue weighted by atomic mass is 10.1. The van der Waals surface area contributed by atoms with Crippen LogP contribution in [0.2, 0.25) is 5.02 Å². The molecule has 0 atom stereocenters. The van der Waals surface area contributed by atoms with Gasteiger partial charge in [0.25, 0.3) is 11.8 Å². The Bertz CT molecular complexity index is 1050. The van der Waals surface area contributed by atoms with Gasteiger partial charge in [-0.3, -0.25) is 9.59 Å². The number of rotatable bonds is 6. The number of halogens is 1. The molecular formula is C23H21ClN2O3. The first kappa shape index (κ1) is 20.4. The zero-order valence-electron chi connectivity index (χ0n) is 16.2. The minimum atomic E-state index is -0.325. The van der Waals surface area contributed by atoms with Crippen molar-refractivity contribution in [3.63, 3.8) is 0 Å². The van der Waals surface area contributed by atoms with E-state index in [0.29, 0.717) is 22.0 Å². The number of carbonyl (C=O) groups is 2. The molecule has 3 aromatic rings. The van der Waals surface area contributed by atoms with Gasteiger partial charge in [0.15, 0.2) is 6.61 Å². The molecule has 3 rings (SSSR count). The molecule has 0 aromatic heterocycles. The van der Waals surface area contributed by atoms with Crippen molar-refractivity contribution < 1.29 is 14.3 Å². The molecule has 2 amide bonds. The molecule has 3 aromatic carbocycles. The Morgan fingerprint density at radius 1 is 0.897 bits per heavy atom. The summed E-state index contributed by atoms with van der Waals surface area (Å²) in [6.07, 6.45) is 0. The predicted molar refractivity (Wildman–Crippen MR) is 116 cm³/mol. The van der Waals surface area contributed by atoms with E-state index in [0.717, 1.165) is 16.8 Å². The molecule has 0 aliphatic rings. The first-order valence-electron chi connectivity index (χ1n) is 9.07. The third-order valence-corrected chi connectivity index (χ3v) is 4.61. The number of anilines is 2. The molecule has 2 N–H and O–H groups in total. The Kier molecular flexibility index (Phi) is 6.52. The number of aryl methyl sites for hydroxylation is 2. The van der Waals surface area contributed by atoms with Crippen LogP contribution in [-0.2, 0) is 4.79 Å². The van der Waals surface area contributed by atoms with Gasteiger partial charge in [-0.2, -0.15) is 0 Å². The number of hydrogen-bond donors (Lipinski definition) is 2. The van der Waals surface area contributed by atoms with E-state index in [1.807, 2.05) is 38.1 Å². The minimum Gasteiger partial charge on any atom is -0.484 e. The van der Waals surface area contributed by atoms with Gasteiger partial charge in [0.05, 0.1) is 0 Å². The second kappa shape index (κ2) is 9.26. The minimum absolute atomic E-state index is 0.152. The van der Waals surface area contributed by atoms with E-state index < -0.39 is 0 Å². The molecule has 148 valence electrons. The van der Waals surface area contributed by atoms with Gasteiger partial charge in [-0.1, -0.05) is 29.8 Å². The second-order valence-corrected chi connectivity index (χ2v) is 7.06. The summed E-state index contributed by atoms with van der Waals surface area (Å²) in [5.41, 5.74) is 3.61. The van der Waals surface area contributed by atoms with Crippen molar-refractivity contribution in [3.8, 4) is 5.75 Å². The fourth-order valence-corrected chi connectivity index (χ4v) is 2.83. The summed E-state index contributed by atoms with van der Waals surface area (Å²) >= 11 is 5.98. The molecule has 0 heterocycles. The predicted octanol–water partition coefficient (Wildman–Crippen LogP) is 5.23. The summed E-state index contributed by atoms with van der Waals surface area (Å²) in [6, 6.07) is 19.5. The Morgan fingerprint density at radius 3 is 2.34 bits per heavy atom. The van der Waals surface area contributed by atoms with Crippen LogP contribution < -0.4 is 15.4 Å². The van der Waals surface area contributed by atoms with Crippen LogP contribution >= 0.6 is 11.6 Å². The molecule has 0 radical (unpaired) electrons. The molecule has 0 fully saturated rings. The third-order valence-electron chi connectivity index (χ3n) is 4.18. The number of carbonyl (C=O) groups excluding carboxylic acids is 2. The monoisotopic (exact) mass is 408 g/mol. The quantitative estimate of drug-likeness (QED) is 0.587. The van der Waals surface area contributed by atoms with Crippen LogP contribution in [0.3, 0.4) is 0 Å². The van der Waals surface area contributed by atoms with Gasteiger partial charge in [-0.15, -0.1) is 0 Å². The van der Waals surface area contributed by atoms with Crippen LogP contribution in [0.4, 0.5) is 11.4 Å². The van der Waals surface area contributed by atoms with Crippen LogP contribution in [0, 0.1) is 13.8 Å². The highest BCUT2D eigenvalue weighted by molar-refractivity contribution is 6.31. The number of ether oxygens (including phenoxy) is 1. The fourth-order valence-electron chi connectivity index (χ4n) is 2.72. The number of amides is 2. The largest absolute Gasteiger partial charge is 0.484 e. The summed E-state index contributed by atoms with van der Waals surface area (Å²) in [6.45, 7) is 3.67. The van der Waals surface area contributed by atoms with Gasteiger partial charge >= 0.3 is 0 Å². The summed E-state index contributed by atoms with van der Waals surface area (Å²) < 4.78 is 5.49. The van der Waals surface area contributed by atoms with Crippen molar-refractivity contribution in [3.05, 3.63) is 88.4 Å². The molecule has 0 aliphatic heterocycles. The highest BCUT2D eigenvalue weighted by Gasteiger charge is 2.09. The van der Waals surface area contributed by atoms with Gasteiger partial charge in [0, 0.05) is 22.0 Å². The molecule has 0 saturated heterocycles. The summed E-state index contributed by atoms with van der Waals surface area (Å²) in [5.74, 6) is -0.0123. The lowest BCUT2D eigenvalue weighted by Gasteiger charge is -2.10. The number of benzene rings is 3. The van der Waals surface area contributed by atoms with Crippen molar-refractivity contribution in [2.75, 3.05) is 17.2 Å². The summed E-state index contributed by atoms with van der Waals surface area (Å²) in [7, 11) is 0. The van der Waals surface area contributed by atoms with Crippen LogP contribution in [0.5, 0.6) is 5.75 Å². The zero-order valence-corrected chi connectivity index (χ0v) is 16.9. The van der Waals surface area contributed by atoms with Crippen LogP contribution in [0.15, 0.2) is 66.7 Å². The van der Waals surface area contributed by atoms with Crippen LogP contribution in [0.25, 0.3) is 0 Å². The topological polar surface area (TPSA) is 67.4 Å². The summed E-state index contributed by atoms with van der Waals surface area (Å²) in [5, 5.41) is 6.23. The van der Waals surface area contributed by atoms with Gasteiger partial charge in [0.1, 0.15) is 5.75 Å². The van der Waals surface area contributed by atoms with Crippen LogP contribution in [0.1, 0.15) is 21.5 Å². The van der Waals surface area contributed by atoms with Crippen LogP contribution in [-0.4, -0.2) is 18.4 Å². The molecular weight excluding hydrogens is 388 g/mol. The van der Waals surface area contributed by atoms with E-state index in [1.54, 1.807) is 42.5 Å². The summed E-state index contributed by atoms with van der Waals surface area (Å²) in [4.78, 5) is 24.7. The van der Waals surface area contributed by atoms with E-state index in [-0.39, 0.29) is 18.4 Å². The number of hydrogen-bond acceptors (Lipinski definition) is 3. The smallest absolute Gasteiger partial charge is 0.262 e. The number of nitrogens with one attached hydrogen (secondary N) is 2. The highest BCUT2D eigenvalue weighted by Crippen LogP contribution is 2.21. The van der Waals surface area contributed by atoms with Crippen molar-refractivity contribution >= 4 is 34.8 Å². The average Bonchev–Trinajstić information content (AvgIpc) is 2.69. The van der Waals surface area contributed by atoms with Gasteiger partial charge in [0.2, 0.25) is 0 Å². The van der Waals surface area contributed by atoms with Gasteiger partial charge in [-0.05, 0) is 73.5 Å². The van der Waals surface area contributed by atoms with Gasteiger partial charge < -0.3 is 15.4 Å². The molecule has 0 saturated carbocycles. The maximum absolute atomic E-state index is 12.5. The standard InChI is InChI=1S/C23H21ClN2O3/c1-15-5-3-7-18(11-15)26-23(28)17-6-4-8-19(13-17)25-22(27)14-29-20-9-10-21(24)16(2)12-20/h3-13H,14H2,1-2H3,(H,25,27)(H,26,28). The lowest BCUT2D eigenvalue weighted by molar-refractivity contribution is -0.118. The van der Waals surface area contributed by atoms with E-state index in [9.17, 15) is 9.59 Å². The van der Waals surface area contributed by atoms with Crippen molar-refractivity contribution in [2.24, 2.45) is 0 Å². The molecule has 0 bridgehead atoms. The maximum atomic E-state index is 12.5. The molecule has 6 heteroatoms. The van der Waals surface area contributed by atoms with E-state index >= 15 is 0 Å². The Labute approximate surface area is 174 Å². The van der Waals surface area contributed by atoms with E-state index in [4.69, 9.17) is 16.3 Å². The normalized spacial score (nSPS) is 10.3. The zero-order chi connectivity index (χ0) is 20.8. The SMILES string of the molecule is Cc1cccc(NC(=O)c2cccc(NC(=O)COc3ccc(Cl)c(C)c3)c2)c1. The van der Waals surface area contributed by atoms with E-state index in [2.05, 4.69) is 10.6 Å². The Hall–Kier alpha value is -3.31. The Morgan fingerprint density at radius 2 is 1.62 bits per heavy atom.